The summed E-state index contributed by atoms with van der Waals surface area (Å²) in [6.07, 6.45) is 2.01. The zero-order valence-corrected chi connectivity index (χ0v) is 24.2. The van der Waals surface area contributed by atoms with Crippen molar-refractivity contribution in [1.29, 1.82) is 0 Å². The summed E-state index contributed by atoms with van der Waals surface area (Å²) in [5.41, 5.74) is -0.436. The number of para-hydroxylation sites is 1. The number of likely N-dealkylation sites (tertiary alicyclic amines) is 1. The van der Waals surface area contributed by atoms with Gasteiger partial charge in [-0.1, -0.05) is 36.4 Å². The average Bonchev–Trinajstić information content (AvgIpc) is 3.50. The van der Waals surface area contributed by atoms with E-state index in [0.717, 1.165) is 4.90 Å². The standard InChI is InChI=1S/C29H32N4O5S2/c1-18-21(26(35)33(31(18)2)19-10-6-4-7-11-19)24-22-23(29(30-24,28(37)38)14-16-39-3)27(36)32(25(22)34)15-17-40-20-12-8-5-9-13-20/h4-13,22-24,30H,14-17H2,1-3H3,(H,37,38). The highest BCUT2D eigenvalue weighted by Crippen LogP contribution is 2.50. The number of carbonyl (C=O) groups excluding carboxylic acids is 2. The Labute approximate surface area is 240 Å². The van der Waals surface area contributed by atoms with Gasteiger partial charge in [-0.2, -0.15) is 11.8 Å². The lowest BCUT2D eigenvalue weighted by Gasteiger charge is -2.31. The molecule has 3 heterocycles. The van der Waals surface area contributed by atoms with Crippen LogP contribution in [0, 0.1) is 18.8 Å². The van der Waals surface area contributed by atoms with Gasteiger partial charge >= 0.3 is 5.97 Å². The van der Waals surface area contributed by atoms with Crippen LogP contribution < -0.4 is 10.9 Å². The van der Waals surface area contributed by atoms with Crippen LogP contribution in [0.1, 0.15) is 23.7 Å². The number of nitrogens with zero attached hydrogens (tertiary/aromatic N) is 3. The van der Waals surface area contributed by atoms with Crippen molar-refractivity contribution in [3.63, 3.8) is 0 Å². The van der Waals surface area contributed by atoms with Crippen molar-refractivity contribution in [2.24, 2.45) is 18.9 Å². The third-order valence-electron chi connectivity index (χ3n) is 8.06. The predicted octanol–water partition coefficient (Wildman–Crippen LogP) is 3.10. The van der Waals surface area contributed by atoms with Gasteiger partial charge in [0.1, 0.15) is 5.54 Å². The molecular formula is C29H32N4O5S2. The van der Waals surface area contributed by atoms with E-state index in [4.69, 9.17) is 0 Å². The van der Waals surface area contributed by atoms with E-state index in [1.807, 2.05) is 66.9 Å². The highest BCUT2D eigenvalue weighted by Gasteiger charge is 2.68. The van der Waals surface area contributed by atoms with Crippen LogP contribution in [0.4, 0.5) is 0 Å². The van der Waals surface area contributed by atoms with Crippen LogP contribution >= 0.6 is 23.5 Å². The molecule has 0 radical (unpaired) electrons. The summed E-state index contributed by atoms with van der Waals surface area (Å²) >= 11 is 3.00. The lowest BCUT2D eigenvalue weighted by molar-refractivity contribution is -0.151. The van der Waals surface area contributed by atoms with Crippen LogP contribution in [0.3, 0.4) is 0 Å². The van der Waals surface area contributed by atoms with Crippen molar-refractivity contribution < 1.29 is 19.5 Å². The molecule has 9 nitrogen and oxygen atoms in total. The molecule has 2 saturated heterocycles. The third-order valence-corrected chi connectivity index (χ3v) is 9.67. The Morgan fingerprint density at radius 2 is 1.65 bits per heavy atom. The molecule has 0 saturated carbocycles. The summed E-state index contributed by atoms with van der Waals surface area (Å²) in [5.74, 6) is -3.25. The van der Waals surface area contributed by atoms with Crippen molar-refractivity contribution >= 4 is 41.3 Å². The minimum absolute atomic E-state index is 0.144. The molecule has 4 unspecified atom stereocenters. The molecule has 1 aromatic heterocycles. The van der Waals surface area contributed by atoms with Gasteiger partial charge in [0.15, 0.2) is 0 Å². The van der Waals surface area contributed by atoms with Gasteiger partial charge < -0.3 is 5.11 Å². The van der Waals surface area contributed by atoms with Crippen molar-refractivity contribution in [1.82, 2.24) is 19.6 Å². The van der Waals surface area contributed by atoms with Crippen molar-refractivity contribution in [3.05, 3.63) is 82.3 Å². The number of amides is 2. The molecule has 2 amide bonds. The Balaban J connectivity index is 1.56. The number of carboxylic acids is 1. The lowest BCUT2D eigenvalue weighted by Crippen LogP contribution is -2.56. The zero-order valence-electron chi connectivity index (χ0n) is 22.6. The number of imide groups is 1. The zero-order chi connectivity index (χ0) is 28.6. The Bertz CT molecular complexity index is 1490. The minimum Gasteiger partial charge on any atom is -0.480 e. The van der Waals surface area contributed by atoms with Gasteiger partial charge in [-0.05, 0) is 49.6 Å². The van der Waals surface area contributed by atoms with Gasteiger partial charge in [0.25, 0.3) is 5.56 Å². The number of rotatable bonds is 10. The topological polar surface area (TPSA) is 114 Å². The molecule has 40 heavy (non-hydrogen) atoms. The number of benzene rings is 2. The molecular weight excluding hydrogens is 548 g/mol. The van der Waals surface area contributed by atoms with Gasteiger partial charge in [-0.15, -0.1) is 11.8 Å². The minimum atomic E-state index is -1.67. The van der Waals surface area contributed by atoms with Crippen molar-refractivity contribution in [2.75, 3.05) is 24.3 Å². The van der Waals surface area contributed by atoms with Gasteiger partial charge in [-0.3, -0.25) is 34.1 Å². The summed E-state index contributed by atoms with van der Waals surface area (Å²) in [4.78, 5) is 56.9. The molecule has 2 aromatic carbocycles. The molecule has 0 bridgehead atoms. The SMILES string of the molecule is CSCCC1(C(=O)O)NC(c2c(C)n(C)n(-c3ccccc3)c2=O)C2C(=O)N(CCSc3ccccc3)C(=O)C21. The third kappa shape index (κ3) is 4.59. The maximum absolute atomic E-state index is 13.9. The molecule has 3 aromatic rings. The molecule has 210 valence electrons. The van der Waals surface area contributed by atoms with Gasteiger partial charge in [0.05, 0.1) is 29.1 Å². The first-order valence-electron chi connectivity index (χ1n) is 13.1. The molecule has 2 N–H and O–H groups in total. The van der Waals surface area contributed by atoms with Crippen LogP contribution in [0.25, 0.3) is 5.69 Å². The highest BCUT2D eigenvalue weighted by atomic mass is 32.2. The molecule has 2 fully saturated rings. The second kappa shape index (κ2) is 11.3. The van der Waals surface area contributed by atoms with E-state index in [9.17, 15) is 24.3 Å². The van der Waals surface area contributed by atoms with Crippen LogP contribution in [-0.2, 0) is 21.4 Å². The van der Waals surface area contributed by atoms with E-state index in [1.165, 1.54) is 33.1 Å². The van der Waals surface area contributed by atoms with E-state index >= 15 is 0 Å². The normalized spacial score (nSPS) is 24.1. The molecule has 0 spiro atoms. The number of hydrogen-bond acceptors (Lipinski definition) is 7. The maximum Gasteiger partial charge on any atom is 0.324 e. The van der Waals surface area contributed by atoms with Crippen LogP contribution in [0.5, 0.6) is 0 Å². The molecule has 2 aliphatic heterocycles. The summed E-state index contributed by atoms with van der Waals surface area (Å²) in [6, 6.07) is 17.9. The van der Waals surface area contributed by atoms with Gasteiger partial charge in [-0.25, -0.2) is 4.68 Å². The fourth-order valence-electron chi connectivity index (χ4n) is 6.05. The Kier molecular flexibility index (Phi) is 7.98. The summed E-state index contributed by atoms with van der Waals surface area (Å²) < 4.78 is 3.22. The van der Waals surface area contributed by atoms with E-state index in [1.54, 1.807) is 18.7 Å². The summed E-state index contributed by atoms with van der Waals surface area (Å²) in [6.45, 7) is 1.95. The van der Waals surface area contributed by atoms with Crippen molar-refractivity contribution in [2.45, 2.75) is 29.8 Å². The number of thioether (sulfide) groups is 2. The number of carboxylic acid groups (broad SMARTS) is 1. The summed E-state index contributed by atoms with van der Waals surface area (Å²) in [7, 11) is 1.76. The number of carbonyl (C=O) groups is 3. The molecule has 2 aliphatic rings. The number of fused-ring (bicyclic) bond motifs is 1. The van der Waals surface area contributed by atoms with Gasteiger partial charge in [0.2, 0.25) is 11.8 Å². The monoisotopic (exact) mass is 580 g/mol. The quantitative estimate of drug-likeness (QED) is 0.278. The fraction of sp³-hybridized carbons (Fsp3) is 0.379. The first-order valence-corrected chi connectivity index (χ1v) is 15.5. The summed E-state index contributed by atoms with van der Waals surface area (Å²) in [5, 5.41) is 13.7. The van der Waals surface area contributed by atoms with E-state index in [2.05, 4.69) is 5.32 Å². The lowest BCUT2D eigenvalue weighted by atomic mass is 9.78. The number of aliphatic carboxylic acids is 1. The van der Waals surface area contributed by atoms with E-state index in [-0.39, 0.29) is 18.5 Å². The number of hydrogen-bond donors (Lipinski definition) is 2. The number of nitrogens with one attached hydrogen (secondary N) is 1. The first kappa shape index (κ1) is 28.3. The largest absolute Gasteiger partial charge is 0.480 e. The number of aromatic nitrogens is 2. The van der Waals surface area contributed by atoms with Crippen LogP contribution in [0.2, 0.25) is 0 Å². The second-order valence-corrected chi connectivity index (χ2v) is 12.3. The second-order valence-electron chi connectivity index (χ2n) is 10.1. The molecule has 0 aliphatic carbocycles. The maximum atomic E-state index is 13.9. The van der Waals surface area contributed by atoms with Crippen molar-refractivity contribution in [3.8, 4) is 5.69 Å². The predicted molar refractivity (Wildman–Crippen MR) is 156 cm³/mol. The van der Waals surface area contributed by atoms with E-state index < -0.39 is 41.2 Å². The molecule has 11 heteroatoms. The smallest absolute Gasteiger partial charge is 0.324 e. The molecule has 5 rings (SSSR count). The fourth-order valence-corrected chi connectivity index (χ4v) is 7.43. The van der Waals surface area contributed by atoms with E-state index in [0.29, 0.717) is 28.5 Å². The van der Waals surface area contributed by atoms with Crippen LogP contribution in [0.15, 0.2) is 70.4 Å². The Morgan fingerprint density at radius 3 is 2.27 bits per heavy atom. The average molecular weight is 581 g/mol. The van der Waals surface area contributed by atoms with Gasteiger partial charge in [0, 0.05) is 29.9 Å². The molecule has 4 atom stereocenters. The first-order chi connectivity index (χ1) is 19.2. The Hall–Kier alpha value is -3.28. The van der Waals surface area contributed by atoms with Crippen LogP contribution in [-0.4, -0.2) is 67.0 Å². The highest BCUT2D eigenvalue weighted by molar-refractivity contribution is 7.99. The Morgan fingerprint density at radius 1 is 1.00 bits per heavy atom.